The summed E-state index contributed by atoms with van der Waals surface area (Å²) in [7, 11) is 0. The monoisotopic (exact) mass is 320 g/mol. The third kappa shape index (κ3) is 1.76. The third-order valence-electron chi connectivity index (χ3n) is 4.88. The number of alkyl halides is 1. The summed E-state index contributed by atoms with van der Waals surface area (Å²) >= 11 is 2.57. The van der Waals surface area contributed by atoms with Gasteiger partial charge in [0.05, 0.1) is 0 Å². The van der Waals surface area contributed by atoms with Crippen molar-refractivity contribution in [1.29, 1.82) is 0 Å². The summed E-state index contributed by atoms with van der Waals surface area (Å²) in [6.45, 7) is 3.02. The lowest BCUT2D eigenvalue weighted by Gasteiger charge is -2.58. The lowest BCUT2D eigenvalue weighted by molar-refractivity contribution is -0.102. The average molecular weight is 320 g/mol. The zero-order valence-corrected chi connectivity index (χ0v) is 11.7. The van der Waals surface area contributed by atoms with Crippen LogP contribution in [0, 0.1) is 23.2 Å². The maximum atomic E-state index is 5.91. The molecular weight excluding hydrogens is 299 g/mol. The SMILES string of the molecule is CCOC(I)C12CC3CC(CC(C3)C1)C2. The normalized spacial score (nSPS) is 49.6. The van der Waals surface area contributed by atoms with Crippen LogP contribution in [0.4, 0.5) is 0 Å². The van der Waals surface area contributed by atoms with E-state index in [1.54, 1.807) is 0 Å². The Morgan fingerprint density at radius 1 is 1.13 bits per heavy atom. The maximum absolute atomic E-state index is 5.91. The van der Waals surface area contributed by atoms with Gasteiger partial charge in [-0.05, 0) is 63.2 Å². The third-order valence-corrected chi connectivity index (χ3v) is 6.56. The molecule has 0 aliphatic heterocycles. The number of ether oxygens (including phenoxy) is 1. The van der Waals surface area contributed by atoms with E-state index >= 15 is 0 Å². The van der Waals surface area contributed by atoms with Crippen molar-refractivity contribution in [1.82, 2.24) is 0 Å². The number of halogens is 1. The van der Waals surface area contributed by atoms with Crippen LogP contribution < -0.4 is 0 Å². The molecule has 1 atom stereocenters. The second-order valence-electron chi connectivity index (χ2n) is 6.05. The van der Waals surface area contributed by atoms with Crippen molar-refractivity contribution in [2.24, 2.45) is 23.2 Å². The first kappa shape index (κ1) is 10.8. The minimum Gasteiger partial charge on any atom is -0.368 e. The fourth-order valence-corrected chi connectivity index (χ4v) is 5.90. The van der Waals surface area contributed by atoms with Crippen LogP contribution in [0.15, 0.2) is 0 Å². The molecule has 0 aromatic rings. The number of hydrogen-bond donors (Lipinski definition) is 0. The van der Waals surface area contributed by atoms with Crippen molar-refractivity contribution >= 4 is 22.6 Å². The van der Waals surface area contributed by atoms with E-state index < -0.39 is 0 Å². The molecule has 0 N–H and O–H groups in total. The summed E-state index contributed by atoms with van der Waals surface area (Å²) in [4.78, 5) is 0. The van der Waals surface area contributed by atoms with Gasteiger partial charge in [0.15, 0.2) is 0 Å². The zero-order chi connectivity index (χ0) is 10.5. The van der Waals surface area contributed by atoms with E-state index in [0.29, 0.717) is 9.53 Å². The van der Waals surface area contributed by atoms with Gasteiger partial charge in [-0.1, -0.05) is 22.6 Å². The lowest BCUT2D eigenvalue weighted by atomic mass is 9.50. The minimum atomic E-state index is 0.480. The van der Waals surface area contributed by atoms with Crippen LogP contribution in [0.3, 0.4) is 0 Å². The summed E-state index contributed by atoms with van der Waals surface area (Å²) < 4.78 is 6.39. The summed E-state index contributed by atoms with van der Waals surface area (Å²) in [5, 5.41) is 0. The van der Waals surface area contributed by atoms with Crippen molar-refractivity contribution in [2.45, 2.75) is 49.6 Å². The Labute approximate surface area is 106 Å². The molecule has 0 heterocycles. The van der Waals surface area contributed by atoms with Gasteiger partial charge in [-0.2, -0.15) is 0 Å². The molecule has 0 saturated heterocycles. The van der Waals surface area contributed by atoms with Gasteiger partial charge in [-0.25, -0.2) is 0 Å². The molecule has 15 heavy (non-hydrogen) atoms. The molecule has 1 nitrogen and oxygen atoms in total. The first-order chi connectivity index (χ1) is 7.22. The maximum Gasteiger partial charge on any atom is 0.114 e. The van der Waals surface area contributed by atoms with E-state index in [-0.39, 0.29) is 0 Å². The van der Waals surface area contributed by atoms with Crippen molar-refractivity contribution < 1.29 is 4.74 Å². The summed E-state index contributed by atoms with van der Waals surface area (Å²) in [5.74, 6) is 3.15. The highest BCUT2D eigenvalue weighted by Crippen LogP contribution is 2.62. The molecule has 1 unspecified atom stereocenters. The van der Waals surface area contributed by atoms with E-state index in [1.165, 1.54) is 38.5 Å². The first-order valence-corrected chi connectivity index (χ1v) is 7.72. The predicted molar refractivity (Wildman–Crippen MR) is 70.0 cm³/mol. The molecule has 4 aliphatic rings. The Balaban J connectivity index is 1.80. The fraction of sp³-hybridized carbons (Fsp3) is 1.00. The molecule has 0 spiro atoms. The second kappa shape index (κ2) is 3.86. The van der Waals surface area contributed by atoms with Gasteiger partial charge in [0.2, 0.25) is 0 Å². The van der Waals surface area contributed by atoms with Crippen molar-refractivity contribution in [3.8, 4) is 0 Å². The van der Waals surface area contributed by atoms with Crippen LogP contribution in [0.5, 0.6) is 0 Å². The standard InChI is InChI=1S/C13H21IO/c1-2-15-12(14)13-6-9-3-10(7-13)5-11(4-9)8-13/h9-12H,2-8H2,1H3. The molecule has 4 aliphatic carbocycles. The number of rotatable bonds is 3. The molecular formula is C13H21IO. The van der Waals surface area contributed by atoms with Gasteiger partial charge in [0, 0.05) is 12.0 Å². The van der Waals surface area contributed by atoms with Gasteiger partial charge >= 0.3 is 0 Å². The Bertz CT molecular complexity index is 216. The van der Waals surface area contributed by atoms with E-state index in [4.69, 9.17) is 4.74 Å². The Kier molecular flexibility index (Phi) is 2.79. The van der Waals surface area contributed by atoms with Crippen LogP contribution in [0.25, 0.3) is 0 Å². The van der Waals surface area contributed by atoms with Crippen molar-refractivity contribution in [3.63, 3.8) is 0 Å². The second-order valence-corrected chi connectivity index (χ2v) is 7.18. The molecule has 86 valence electrons. The van der Waals surface area contributed by atoms with Crippen LogP contribution >= 0.6 is 22.6 Å². The zero-order valence-electron chi connectivity index (χ0n) is 9.55. The highest BCUT2D eigenvalue weighted by Gasteiger charge is 2.54. The smallest absolute Gasteiger partial charge is 0.114 e. The quantitative estimate of drug-likeness (QED) is 0.564. The van der Waals surface area contributed by atoms with E-state index in [0.717, 1.165) is 24.4 Å². The Morgan fingerprint density at radius 2 is 1.60 bits per heavy atom. The summed E-state index contributed by atoms with van der Waals surface area (Å²) in [5.41, 5.74) is 0.575. The van der Waals surface area contributed by atoms with Gasteiger partial charge < -0.3 is 4.74 Å². The summed E-state index contributed by atoms with van der Waals surface area (Å²) in [6.07, 6.45) is 9.00. The number of hydrogen-bond acceptors (Lipinski definition) is 1. The van der Waals surface area contributed by atoms with Gasteiger partial charge in [0.25, 0.3) is 0 Å². The highest BCUT2D eigenvalue weighted by atomic mass is 127. The molecule has 2 heteroatoms. The molecule has 0 aromatic carbocycles. The lowest BCUT2D eigenvalue weighted by Crippen LogP contribution is -2.50. The van der Waals surface area contributed by atoms with E-state index in [9.17, 15) is 0 Å². The van der Waals surface area contributed by atoms with Gasteiger partial charge in [0.1, 0.15) is 4.11 Å². The highest BCUT2D eigenvalue weighted by molar-refractivity contribution is 14.1. The van der Waals surface area contributed by atoms with Crippen molar-refractivity contribution in [3.05, 3.63) is 0 Å². The molecule has 0 aromatic heterocycles. The predicted octanol–water partition coefficient (Wildman–Crippen LogP) is 4.00. The summed E-state index contributed by atoms with van der Waals surface area (Å²) in [6, 6.07) is 0. The average Bonchev–Trinajstić information content (AvgIpc) is 2.15. The van der Waals surface area contributed by atoms with E-state index in [2.05, 4.69) is 29.5 Å². The van der Waals surface area contributed by atoms with Crippen LogP contribution in [0.1, 0.15) is 45.4 Å². The van der Waals surface area contributed by atoms with Crippen LogP contribution in [-0.4, -0.2) is 10.7 Å². The van der Waals surface area contributed by atoms with Crippen molar-refractivity contribution in [2.75, 3.05) is 6.61 Å². The van der Waals surface area contributed by atoms with Crippen LogP contribution in [0.2, 0.25) is 0 Å². The van der Waals surface area contributed by atoms with Gasteiger partial charge in [-0.15, -0.1) is 0 Å². The Hall–Kier alpha value is 0.690. The topological polar surface area (TPSA) is 9.23 Å². The van der Waals surface area contributed by atoms with Crippen LogP contribution in [-0.2, 0) is 4.74 Å². The molecule has 0 radical (unpaired) electrons. The molecule has 4 rings (SSSR count). The first-order valence-electron chi connectivity index (χ1n) is 6.47. The van der Waals surface area contributed by atoms with Gasteiger partial charge in [-0.3, -0.25) is 0 Å². The molecule has 4 fully saturated rings. The van der Waals surface area contributed by atoms with E-state index in [1.807, 2.05) is 0 Å². The molecule has 4 bridgehead atoms. The minimum absolute atomic E-state index is 0.480. The molecule has 4 saturated carbocycles. The molecule has 0 amide bonds. The largest absolute Gasteiger partial charge is 0.368 e. The fourth-order valence-electron chi connectivity index (χ4n) is 4.78. The Morgan fingerprint density at radius 3 is 2.00 bits per heavy atom.